The predicted molar refractivity (Wildman–Crippen MR) is 59.3 cm³/mol. The molecule has 96 valence electrons. The lowest BCUT2D eigenvalue weighted by atomic mass is 9.64. The average Bonchev–Trinajstić information content (AvgIpc) is 2.27. The van der Waals surface area contributed by atoms with E-state index in [1.165, 1.54) is 7.11 Å². The van der Waals surface area contributed by atoms with Crippen molar-refractivity contribution in [3.05, 3.63) is 0 Å². The molecule has 1 rings (SSSR count). The molecule has 17 heavy (non-hydrogen) atoms. The zero-order valence-electron chi connectivity index (χ0n) is 10.2. The third kappa shape index (κ3) is 2.48. The summed E-state index contributed by atoms with van der Waals surface area (Å²) in [5.41, 5.74) is -1.24. The number of methoxy groups -OCH3 is 1. The van der Waals surface area contributed by atoms with E-state index in [9.17, 15) is 14.4 Å². The highest BCUT2D eigenvalue weighted by Gasteiger charge is 2.52. The summed E-state index contributed by atoms with van der Waals surface area (Å²) in [4.78, 5) is 34.7. The summed E-state index contributed by atoms with van der Waals surface area (Å²) in [6.45, 7) is 1.63. The second-order valence-corrected chi connectivity index (χ2v) is 4.59. The minimum Gasteiger partial charge on any atom is -0.481 e. The first-order valence-corrected chi connectivity index (χ1v) is 5.78. The number of carboxylic acid groups (broad SMARTS) is 1. The van der Waals surface area contributed by atoms with Crippen molar-refractivity contribution in [3.63, 3.8) is 0 Å². The Labute approximate surface area is 100 Å². The van der Waals surface area contributed by atoms with Crippen LogP contribution in [0, 0.1) is 11.3 Å². The Morgan fingerprint density at radius 1 is 1.47 bits per heavy atom. The molecule has 0 heterocycles. The molecule has 0 unspecified atom stereocenters. The Bertz CT molecular complexity index is 326. The van der Waals surface area contributed by atoms with Gasteiger partial charge in [-0.3, -0.25) is 14.4 Å². The van der Waals surface area contributed by atoms with Crippen LogP contribution in [0.3, 0.4) is 0 Å². The third-order valence-electron chi connectivity index (χ3n) is 3.59. The molecule has 0 amide bonds. The molecule has 0 bridgehead atoms. The number of ether oxygens (including phenoxy) is 1. The summed E-state index contributed by atoms with van der Waals surface area (Å²) in [5.74, 6) is -2.29. The van der Waals surface area contributed by atoms with Gasteiger partial charge >= 0.3 is 11.9 Å². The molecule has 1 fully saturated rings. The Morgan fingerprint density at radius 3 is 2.59 bits per heavy atom. The Hall–Kier alpha value is -1.39. The van der Waals surface area contributed by atoms with Crippen molar-refractivity contribution in [2.24, 2.45) is 11.3 Å². The molecule has 0 aromatic rings. The normalized spacial score (nSPS) is 26.4. The van der Waals surface area contributed by atoms with Gasteiger partial charge < -0.3 is 9.84 Å². The van der Waals surface area contributed by atoms with E-state index in [0.717, 1.165) is 12.8 Å². The molecule has 1 N–H and O–H groups in total. The van der Waals surface area contributed by atoms with E-state index in [-0.39, 0.29) is 12.2 Å². The molecule has 0 aromatic carbocycles. The van der Waals surface area contributed by atoms with Crippen LogP contribution in [-0.2, 0) is 19.1 Å². The van der Waals surface area contributed by atoms with E-state index in [1.807, 2.05) is 0 Å². The van der Waals surface area contributed by atoms with Gasteiger partial charge in [0.25, 0.3) is 0 Å². The predicted octanol–water partition coefficient (Wildman–Crippen LogP) is 1.40. The van der Waals surface area contributed by atoms with Crippen LogP contribution in [0.4, 0.5) is 0 Å². The van der Waals surface area contributed by atoms with E-state index in [4.69, 9.17) is 9.84 Å². The Kier molecular flexibility index (Phi) is 4.26. The van der Waals surface area contributed by atoms with Crippen molar-refractivity contribution < 1.29 is 24.2 Å². The zero-order valence-corrected chi connectivity index (χ0v) is 10.2. The van der Waals surface area contributed by atoms with E-state index >= 15 is 0 Å². The highest BCUT2D eigenvalue weighted by atomic mass is 16.5. The van der Waals surface area contributed by atoms with Gasteiger partial charge in [-0.05, 0) is 18.8 Å². The maximum Gasteiger partial charge on any atom is 0.319 e. The van der Waals surface area contributed by atoms with E-state index in [1.54, 1.807) is 6.92 Å². The first-order valence-electron chi connectivity index (χ1n) is 5.78. The quantitative estimate of drug-likeness (QED) is 0.595. The van der Waals surface area contributed by atoms with Crippen molar-refractivity contribution in [1.29, 1.82) is 0 Å². The van der Waals surface area contributed by atoms with E-state index in [2.05, 4.69) is 0 Å². The summed E-state index contributed by atoms with van der Waals surface area (Å²) in [6, 6.07) is 0. The summed E-state index contributed by atoms with van der Waals surface area (Å²) in [5, 5.41) is 8.81. The summed E-state index contributed by atoms with van der Waals surface area (Å²) >= 11 is 0. The van der Waals surface area contributed by atoms with Crippen molar-refractivity contribution in [2.75, 3.05) is 7.11 Å². The summed E-state index contributed by atoms with van der Waals surface area (Å²) in [6.07, 6.45) is 2.05. The number of hydrogen-bond donors (Lipinski definition) is 1. The number of ketones is 1. The van der Waals surface area contributed by atoms with Crippen molar-refractivity contribution >= 4 is 17.7 Å². The molecule has 0 spiro atoms. The van der Waals surface area contributed by atoms with Gasteiger partial charge in [0.1, 0.15) is 11.2 Å². The SMILES string of the molecule is COC(=O)[C@@]1([C@H](C)CC(=O)O)CCCCC1=O. The second kappa shape index (κ2) is 5.29. The van der Waals surface area contributed by atoms with Crippen LogP contribution >= 0.6 is 0 Å². The Morgan fingerprint density at radius 2 is 2.12 bits per heavy atom. The van der Waals surface area contributed by atoms with Crippen LogP contribution in [0.5, 0.6) is 0 Å². The number of hydrogen-bond acceptors (Lipinski definition) is 4. The van der Waals surface area contributed by atoms with Crippen molar-refractivity contribution in [1.82, 2.24) is 0 Å². The molecule has 5 nitrogen and oxygen atoms in total. The van der Waals surface area contributed by atoms with Gasteiger partial charge in [0.15, 0.2) is 0 Å². The smallest absolute Gasteiger partial charge is 0.319 e. The first kappa shape index (κ1) is 13.7. The van der Waals surface area contributed by atoms with Gasteiger partial charge in [0.05, 0.1) is 7.11 Å². The standard InChI is InChI=1S/C12H18O5/c1-8(7-10(14)15)12(11(16)17-2)6-4-3-5-9(12)13/h8H,3-7H2,1-2H3,(H,14,15)/t8-,12-/m1/s1. The minimum absolute atomic E-state index is 0.177. The van der Waals surface area contributed by atoms with Crippen molar-refractivity contribution in [2.45, 2.75) is 39.0 Å². The van der Waals surface area contributed by atoms with Gasteiger partial charge in [-0.25, -0.2) is 0 Å². The molecular formula is C12H18O5. The molecule has 1 saturated carbocycles. The lowest BCUT2D eigenvalue weighted by Crippen LogP contribution is -2.48. The number of carbonyl (C=O) groups excluding carboxylic acids is 2. The van der Waals surface area contributed by atoms with Gasteiger partial charge in [0, 0.05) is 12.8 Å². The number of aliphatic carboxylic acids is 1. The number of Topliss-reactive ketones (excluding diaryl/α,β-unsaturated/α-hetero) is 1. The molecule has 1 aliphatic carbocycles. The first-order chi connectivity index (χ1) is 7.95. The molecule has 2 atom stereocenters. The fraction of sp³-hybridized carbons (Fsp3) is 0.750. The largest absolute Gasteiger partial charge is 0.481 e. The fourth-order valence-corrected chi connectivity index (χ4v) is 2.61. The lowest BCUT2D eigenvalue weighted by Gasteiger charge is -2.37. The van der Waals surface area contributed by atoms with Crippen LogP contribution in [0.2, 0.25) is 0 Å². The lowest BCUT2D eigenvalue weighted by molar-refractivity contribution is -0.165. The van der Waals surface area contributed by atoms with E-state index < -0.39 is 23.3 Å². The highest BCUT2D eigenvalue weighted by Crippen LogP contribution is 2.42. The van der Waals surface area contributed by atoms with Crippen LogP contribution in [0.1, 0.15) is 39.0 Å². The molecular weight excluding hydrogens is 224 g/mol. The van der Waals surface area contributed by atoms with Crippen molar-refractivity contribution in [3.8, 4) is 0 Å². The average molecular weight is 242 g/mol. The van der Waals surface area contributed by atoms with Gasteiger partial charge in [-0.15, -0.1) is 0 Å². The van der Waals surface area contributed by atoms with Crippen LogP contribution in [0.15, 0.2) is 0 Å². The van der Waals surface area contributed by atoms with Crippen LogP contribution in [-0.4, -0.2) is 29.9 Å². The molecule has 0 saturated heterocycles. The maximum absolute atomic E-state index is 12.0. The third-order valence-corrected chi connectivity index (χ3v) is 3.59. The summed E-state index contributed by atoms with van der Waals surface area (Å²) in [7, 11) is 1.24. The van der Waals surface area contributed by atoms with Crippen LogP contribution in [0.25, 0.3) is 0 Å². The van der Waals surface area contributed by atoms with Crippen LogP contribution < -0.4 is 0 Å². The zero-order chi connectivity index (χ0) is 13.1. The molecule has 0 radical (unpaired) electrons. The van der Waals surface area contributed by atoms with Gasteiger partial charge in [-0.2, -0.15) is 0 Å². The molecule has 1 aliphatic rings. The Balaban J connectivity index is 3.04. The van der Waals surface area contributed by atoms with E-state index in [0.29, 0.717) is 12.8 Å². The molecule has 0 aromatic heterocycles. The maximum atomic E-state index is 12.0. The number of rotatable bonds is 4. The van der Waals surface area contributed by atoms with Gasteiger partial charge in [0.2, 0.25) is 0 Å². The molecule has 5 heteroatoms. The highest BCUT2D eigenvalue weighted by molar-refractivity contribution is 6.04. The monoisotopic (exact) mass is 242 g/mol. The minimum atomic E-state index is -1.24. The second-order valence-electron chi connectivity index (χ2n) is 4.59. The molecule has 0 aliphatic heterocycles. The topological polar surface area (TPSA) is 80.7 Å². The summed E-state index contributed by atoms with van der Waals surface area (Å²) < 4.78 is 4.71. The number of esters is 1. The number of carbonyl (C=O) groups is 3. The van der Waals surface area contributed by atoms with Gasteiger partial charge in [-0.1, -0.05) is 13.3 Å². The fourth-order valence-electron chi connectivity index (χ4n) is 2.61. The number of carboxylic acids is 1.